The third-order valence-electron chi connectivity index (χ3n) is 4.92. The molecule has 0 aliphatic carbocycles. The topological polar surface area (TPSA) is 37.4 Å². The second kappa shape index (κ2) is 7.50. The third-order valence-corrected chi connectivity index (χ3v) is 8.95. The van der Waals surface area contributed by atoms with Crippen molar-refractivity contribution in [3.8, 4) is 0 Å². The highest BCUT2D eigenvalue weighted by atomic mass is 32.3. The standard InChI is InChI=1S/C22H21NO2S2/c1-17(18-11-5-2-6-12-18)23-21(19-13-7-3-8-14-19)22(27(23,24)25)26-20-15-9-4-10-16-20/h2-17,21-22H,1H3/t17-,21-,22-/m1/s1. The number of rotatable bonds is 5. The van der Waals surface area contributed by atoms with Crippen LogP contribution in [0.1, 0.15) is 30.1 Å². The van der Waals surface area contributed by atoms with E-state index in [4.69, 9.17) is 0 Å². The molecule has 0 spiro atoms. The molecule has 1 saturated heterocycles. The highest BCUT2D eigenvalue weighted by Crippen LogP contribution is 2.53. The maximum absolute atomic E-state index is 13.3. The first-order chi connectivity index (χ1) is 13.1. The van der Waals surface area contributed by atoms with Gasteiger partial charge in [0.1, 0.15) is 4.58 Å². The molecule has 3 nitrogen and oxygen atoms in total. The largest absolute Gasteiger partial charge is 0.229 e. The molecule has 1 aliphatic heterocycles. The van der Waals surface area contributed by atoms with E-state index >= 15 is 0 Å². The summed E-state index contributed by atoms with van der Waals surface area (Å²) in [4.78, 5) is 0.971. The Bertz CT molecular complexity index is 992. The van der Waals surface area contributed by atoms with Crippen LogP contribution in [0.2, 0.25) is 0 Å². The van der Waals surface area contributed by atoms with E-state index in [-0.39, 0.29) is 12.1 Å². The lowest BCUT2D eigenvalue weighted by atomic mass is 10.0. The van der Waals surface area contributed by atoms with Gasteiger partial charge in [0.15, 0.2) is 0 Å². The predicted molar refractivity (Wildman–Crippen MR) is 111 cm³/mol. The number of hydrogen-bond acceptors (Lipinski definition) is 3. The van der Waals surface area contributed by atoms with Gasteiger partial charge in [-0.05, 0) is 30.2 Å². The van der Waals surface area contributed by atoms with E-state index in [0.29, 0.717) is 0 Å². The molecule has 1 heterocycles. The summed E-state index contributed by atoms with van der Waals surface area (Å²) >= 11 is 1.43. The molecule has 0 unspecified atom stereocenters. The molecule has 0 N–H and O–H groups in total. The zero-order valence-electron chi connectivity index (χ0n) is 15.0. The Balaban J connectivity index is 1.72. The summed E-state index contributed by atoms with van der Waals surface area (Å²) in [5.41, 5.74) is 2.04. The molecule has 0 radical (unpaired) electrons. The fourth-order valence-electron chi connectivity index (χ4n) is 3.55. The Kier molecular flexibility index (Phi) is 5.08. The minimum Gasteiger partial charge on any atom is -0.211 e. The number of nitrogens with zero attached hydrogens (tertiary/aromatic N) is 1. The average Bonchev–Trinajstić information content (AvgIpc) is 2.72. The lowest BCUT2D eigenvalue weighted by Crippen LogP contribution is -2.57. The van der Waals surface area contributed by atoms with Crippen LogP contribution in [-0.4, -0.2) is 17.3 Å². The highest BCUT2D eigenvalue weighted by molar-refractivity contribution is 8.13. The zero-order chi connectivity index (χ0) is 18.9. The summed E-state index contributed by atoms with van der Waals surface area (Å²) in [7, 11) is -3.41. The molecule has 1 fully saturated rings. The second-order valence-electron chi connectivity index (χ2n) is 6.62. The zero-order valence-corrected chi connectivity index (χ0v) is 16.6. The highest BCUT2D eigenvalue weighted by Gasteiger charge is 2.56. The van der Waals surface area contributed by atoms with Crippen LogP contribution in [-0.2, 0) is 10.0 Å². The van der Waals surface area contributed by atoms with Gasteiger partial charge in [-0.25, -0.2) is 8.42 Å². The number of thioether (sulfide) groups is 1. The van der Waals surface area contributed by atoms with Crippen LogP contribution >= 0.6 is 11.8 Å². The lowest BCUT2D eigenvalue weighted by Gasteiger charge is -2.49. The van der Waals surface area contributed by atoms with E-state index in [1.807, 2.05) is 97.9 Å². The van der Waals surface area contributed by atoms with Gasteiger partial charge in [-0.15, -0.1) is 11.8 Å². The molecule has 0 aromatic heterocycles. The third kappa shape index (κ3) is 3.43. The quantitative estimate of drug-likeness (QED) is 0.592. The van der Waals surface area contributed by atoms with Gasteiger partial charge in [0.2, 0.25) is 10.0 Å². The maximum Gasteiger partial charge on any atom is 0.229 e. The van der Waals surface area contributed by atoms with Gasteiger partial charge in [-0.1, -0.05) is 78.9 Å². The molecule has 4 rings (SSSR count). The Morgan fingerprint density at radius 3 is 1.93 bits per heavy atom. The summed E-state index contributed by atoms with van der Waals surface area (Å²) in [5, 5.41) is 0. The molecule has 0 bridgehead atoms. The lowest BCUT2D eigenvalue weighted by molar-refractivity contribution is 0.229. The van der Waals surface area contributed by atoms with E-state index in [9.17, 15) is 8.42 Å². The Labute approximate surface area is 165 Å². The average molecular weight is 396 g/mol. The van der Waals surface area contributed by atoms with Gasteiger partial charge in [0, 0.05) is 10.9 Å². The fraction of sp³-hybridized carbons (Fsp3) is 0.182. The van der Waals surface area contributed by atoms with E-state index < -0.39 is 14.6 Å². The van der Waals surface area contributed by atoms with Crippen molar-refractivity contribution in [3.63, 3.8) is 0 Å². The van der Waals surface area contributed by atoms with Crippen molar-refractivity contribution in [2.24, 2.45) is 0 Å². The summed E-state index contributed by atoms with van der Waals surface area (Å²) in [6.07, 6.45) is 0. The van der Waals surface area contributed by atoms with E-state index in [1.165, 1.54) is 11.8 Å². The summed E-state index contributed by atoms with van der Waals surface area (Å²) in [5.74, 6) is 0. The van der Waals surface area contributed by atoms with Crippen molar-refractivity contribution in [2.45, 2.75) is 28.5 Å². The molecule has 0 saturated carbocycles. The van der Waals surface area contributed by atoms with E-state index in [1.54, 1.807) is 4.31 Å². The van der Waals surface area contributed by atoms with Crippen molar-refractivity contribution in [1.29, 1.82) is 0 Å². The van der Waals surface area contributed by atoms with Crippen molar-refractivity contribution >= 4 is 21.8 Å². The molecule has 3 atom stereocenters. The Hall–Kier alpha value is -2.08. The fourth-order valence-corrected chi connectivity index (χ4v) is 7.53. The van der Waals surface area contributed by atoms with Gasteiger partial charge in [0.05, 0.1) is 6.04 Å². The van der Waals surface area contributed by atoms with Gasteiger partial charge >= 0.3 is 0 Å². The van der Waals surface area contributed by atoms with Gasteiger partial charge in [0.25, 0.3) is 0 Å². The number of benzene rings is 3. The van der Waals surface area contributed by atoms with Crippen LogP contribution in [0.25, 0.3) is 0 Å². The second-order valence-corrected chi connectivity index (χ2v) is 10.1. The van der Waals surface area contributed by atoms with Crippen molar-refractivity contribution in [3.05, 3.63) is 102 Å². The Morgan fingerprint density at radius 1 is 0.815 bits per heavy atom. The molecule has 5 heteroatoms. The van der Waals surface area contributed by atoms with Crippen LogP contribution in [0.4, 0.5) is 0 Å². The molecular formula is C22H21NO2S2. The maximum atomic E-state index is 13.3. The normalized spacial score (nSPS) is 22.7. The minimum absolute atomic E-state index is 0.184. The van der Waals surface area contributed by atoms with Crippen LogP contribution in [0.15, 0.2) is 95.9 Å². The van der Waals surface area contributed by atoms with Crippen molar-refractivity contribution in [2.75, 3.05) is 0 Å². The number of hydrogen-bond donors (Lipinski definition) is 0. The molecule has 3 aromatic rings. The monoisotopic (exact) mass is 395 g/mol. The minimum atomic E-state index is -3.41. The number of sulfonamides is 1. The van der Waals surface area contributed by atoms with Crippen LogP contribution in [0.3, 0.4) is 0 Å². The first-order valence-electron chi connectivity index (χ1n) is 8.93. The van der Waals surface area contributed by atoms with Gasteiger partial charge < -0.3 is 0 Å². The van der Waals surface area contributed by atoms with Gasteiger partial charge in [-0.2, -0.15) is 4.31 Å². The summed E-state index contributed by atoms with van der Waals surface area (Å²) < 4.78 is 27.7. The van der Waals surface area contributed by atoms with Gasteiger partial charge in [-0.3, -0.25) is 0 Å². The first-order valence-corrected chi connectivity index (χ1v) is 11.3. The molecule has 138 valence electrons. The predicted octanol–water partition coefficient (Wildman–Crippen LogP) is 5.25. The van der Waals surface area contributed by atoms with Crippen molar-refractivity contribution < 1.29 is 8.42 Å². The first kappa shape index (κ1) is 18.3. The van der Waals surface area contributed by atoms with Crippen molar-refractivity contribution in [1.82, 2.24) is 4.31 Å². The molecule has 27 heavy (non-hydrogen) atoms. The molecule has 0 amide bonds. The van der Waals surface area contributed by atoms with Crippen LogP contribution < -0.4 is 0 Å². The van der Waals surface area contributed by atoms with Crippen LogP contribution in [0.5, 0.6) is 0 Å². The summed E-state index contributed by atoms with van der Waals surface area (Å²) in [6, 6.07) is 29.1. The molecule has 1 aliphatic rings. The Morgan fingerprint density at radius 2 is 1.33 bits per heavy atom. The molecular weight excluding hydrogens is 374 g/mol. The summed E-state index contributed by atoms with van der Waals surface area (Å²) in [6.45, 7) is 1.96. The van der Waals surface area contributed by atoms with E-state index in [2.05, 4.69) is 0 Å². The van der Waals surface area contributed by atoms with Crippen LogP contribution in [0, 0.1) is 0 Å². The molecule has 3 aromatic carbocycles. The SMILES string of the molecule is C[C@H](c1ccccc1)N1[C@H](c2ccccc2)[C@H](Sc2ccccc2)S1(=O)=O. The smallest absolute Gasteiger partial charge is 0.211 e. The van der Waals surface area contributed by atoms with E-state index in [0.717, 1.165) is 16.0 Å².